The summed E-state index contributed by atoms with van der Waals surface area (Å²) in [4.78, 5) is 12.0. The number of hydrazone groups is 1. The van der Waals surface area contributed by atoms with Crippen molar-refractivity contribution in [3.05, 3.63) is 94.5 Å². The number of nitrogens with one attached hydrogen (secondary N) is 1. The third-order valence-corrected chi connectivity index (χ3v) is 4.44. The summed E-state index contributed by atoms with van der Waals surface area (Å²) in [5.74, 6) is 1.08. The number of rotatable bonds is 9. The predicted octanol–water partition coefficient (Wildman–Crippen LogP) is 5.01. The van der Waals surface area contributed by atoms with Crippen LogP contribution in [0.5, 0.6) is 11.5 Å². The Labute approximate surface area is 181 Å². The van der Waals surface area contributed by atoms with Gasteiger partial charge in [0.15, 0.2) is 11.5 Å². The highest BCUT2D eigenvalue weighted by Gasteiger charge is 2.07. The van der Waals surface area contributed by atoms with Crippen molar-refractivity contribution in [3.8, 4) is 11.5 Å². The molecule has 0 aliphatic carbocycles. The molecule has 3 aromatic carbocycles. The first-order valence-corrected chi connectivity index (χ1v) is 10.0. The average molecular weight is 423 g/mol. The molecule has 0 aliphatic rings. The highest BCUT2D eigenvalue weighted by molar-refractivity contribution is 6.30. The Morgan fingerprint density at radius 1 is 0.967 bits per heavy atom. The number of hydrogen-bond donors (Lipinski definition) is 1. The quantitative estimate of drug-likeness (QED) is 0.389. The molecule has 3 aromatic rings. The smallest absolute Gasteiger partial charge is 0.244 e. The molecule has 1 amide bonds. The molecule has 0 spiro atoms. The molecule has 0 aromatic heterocycles. The Bertz CT molecular complexity index is 989. The highest BCUT2D eigenvalue weighted by atomic mass is 35.5. The van der Waals surface area contributed by atoms with Crippen LogP contribution in [0, 0.1) is 0 Å². The van der Waals surface area contributed by atoms with Gasteiger partial charge in [0.1, 0.15) is 6.61 Å². The largest absolute Gasteiger partial charge is 0.490 e. The van der Waals surface area contributed by atoms with Gasteiger partial charge in [0, 0.05) is 5.02 Å². The van der Waals surface area contributed by atoms with Crippen molar-refractivity contribution in [1.29, 1.82) is 0 Å². The predicted molar refractivity (Wildman–Crippen MR) is 119 cm³/mol. The minimum Gasteiger partial charge on any atom is -0.490 e. The van der Waals surface area contributed by atoms with Gasteiger partial charge in [-0.1, -0.05) is 54.1 Å². The normalized spacial score (nSPS) is 10.7. The molecule has 0 saturated carbocycles. The fraction of sp³-hybridized carbons (Fsp3) is 0.167. The van der Waals surface area contributed by atoms with E-state index in [1.54, 1.807) is 6.21 Å². The summed E-state index contributed by atoms with van der Waals surface area (Å²) in [5, 5.41) is 4.73. The Kier molecular flexibility index (Phi) is 7.86. The number of carbonyl (C=O) groups is 1. The Hall–Kier alpha value is -3.31. The molecule has 0 heterocycles. The molecule has 0 bridgehead atoms. The number of ether oxygens (including phenoxy) is 2. The molecule has 0 unspecified atom stereocenters. The maximum absolute atomic E-state index is 12.0. The minimum absolute atomic E-state index is 0.176. The molecular weight excluding hydrogens is 400 g/mol. The number of hydrogen-bond acceptors (Lipinski definition) is 4. The van der Waals surface area contributed by atoms with Crippen molar-refractivity contribution in [3.63, 3.8) is 0 Å². The first kappa shape index (κ1) is 21.4. The molecule has 5 nitrogen and oxygen atoms in total. The zero-order valence-corrected chi connectivity index (χ0v) is 17.4. The van der Waals surface area contributed by atoms with Crippen LogP contribution in [-0.4, -0.2) is 18.7 Å². The van der Waals surface area contributed by atoms with Crippen LogP contribution in [0.3, 0.4) is 0 Å². The van der Waals surface area contributed by atoms with E-state index in [1.165, 1.54) is 0 Å². The minimum atomic E-state index is -0.176. The van der Waals surface area contributed by atoms with Crippen LogP contribution in [0.2, 0.25) is 5.02 Å². The SMILES string of the molecule is CCOc1cc(C=NNC(=O)Cc2ccccc2)ccc1OCc1ccc(Cl)cc1. The van der Waals surface area contributed by atoms with Crippen molar-refractivity contribution in [2.24, 2.45) is 5.10 Å². The van der Waals surface area contributed by atoms with Gasteiger partial charge < -0.3 is 9.47 Å². The van der Waals surface area contributed by atoms with Gasteiger partial charge in [-0.2, -0.15) is 5.10 Å². The molecule has 6 heteroatoms. The first-order chi connectivity index (χ1) is 14.6. The van der Waals surface area contributed by atoms with Crippen LogP contribution < -0.4 is 14.9 Å². The summed E-state index contributed by atoms with van der Waals surface area (Å²) in [6.45, 7) is 2.82. The van der Waals surface area contributed by atoms with E-state index < -0.39 is 0 Å². The highest BCUT2D eigenvalue weighted by Crippen LogP contribution is 2.29. The van der Waals surface area contributed by atoms with E-state index in [4.69, 9.17) is 21.1 Å². The van der Waals surface area contributed by atoms with Gasteiger partial charge in [-0.05, 0) is 53.9 Å². The lowest BCUT2D eigenvalue weighted by atomic mass is 10.1. The number of nitrogens with zero attached hydrogens (tertiary/aromatic N) is 1. The third kappa shape index (κ3) is 6.64. The monoisotopic (exact) mass is 422 g/mol. The van der Waals surface area contributed by atoms with Gasteiger partial charge in [0.05, 0.1) is 19.2 Å². The maximum atomic E-state index is 12.0. The average Bonchev–Trinajstić information content (AvgIpc) is 2.75. The van der Waals surface area contributed by atoms with Gasteiger partial charge in [-0.3, -0.25) is 4.79 Å². The molecule has 0 atom stereocenters. The van der Waals surface area contributed by atoms with Gasteiger partial charge >= 0.3 is 0 Å². The van der Waals surface area contributed by atoms with Gasteiger partial charge in [0.25, 0.3) is 0 Å². The van der Waals surface area contributed by atoms with Crippen LogP contribution in [0.1, 0.15) is 23.6 Å². The van der Waals surface area contributed by atoms with E-state index >= 15 is 0 Å². The van der Waals surface area contributed by atoms with Crippen molar-refractivity contribution in [1.82, 2.24) is 5.43 Å². The zero-order valence-electron chi connectivity index (χ0n) is 16.7. The van der Waals surface area contributed by atoms with E-state index in [0.29, 0.717) is 29.7 Å². The molecule has 0 saturated heterocycles. The fourth-order valence-corrected chi connectivity index (χ4v) is 2.86. The van der Waals surface area contributed by atoms with E-state index in [-0.39, 0.29) is 12.3 Å². The molecule has 0 aliphatic heterocycles. The van der Waals surface area contributed by atoms with E-state index in [0.717, 1.165) is 16.7 Å². The lowest BCUT2D eigenvalue weighted by molar-refractivity contribution is -0.120. The van der Waals surface area contributed by atoms with E-state index in [2.05, 4.69) is 10.5 Å². The van der Waals surface area contributed by atoms with Crippen LogP contribution in [-0.2, 0) is 17.8 Å². The number of carbonyl (C=O) groups excluding carboxylic acids is 1. The molecule has 3 rings (SSSR count). The summed E-state index contributed by atoms with van der Waals surface area (Å²) in [6, 6.07) is 22.5. The molecule has 30 heavy (non-hydrogen) atoms. The summed E-state index contributed by atoms with van der Waals surface area (Å²) < 4.78 is 11.6. The van der Waals surface area contributed by atoms with Gasteiger partial charge in [-0.25, -0.2) is 5.43 Å². The second-order valence-electron chi connectivity index (χ2n) is 6.51. The van der Waals surface area contributed by atoms with Gasteiger partial charge in [-0.15, -0.1) is 0 Å². The van der Waals surface area contributed by atoms with E-state index in [9.17, 15) is 4.79 Å². The number of halogens is 1. The third-order valence-electron chi connectivity index (χ3n) is 4.19. The summed E-state index contributed by atoms with van der Waals surface area (Å²) in [7, 11) is 0. The molecular formula is C24H23ClN2O3. The zero-order chi connectivity index (χ0) is 21.2. The Morgan fingerprint density at radius 2 is 1.73 bits per heavy atom. The van der Waals surface area contributed by atoms with Crippen molar-refractivity contribution in [2.75, 3.05) is 6.61 Å². The van der Waals surface area contributed by atoms with Crippen LogP contribution in [0.15, 0.2) is 77.9 Å². The topological polar surface area (TPSA) is 59.9 Å². The second kappa shape index (κ2) is 11.0. The molecule has 1 N–H and O–H groups in total. The fourth-order valence-electron chi connectivity index (χ4n) is 2.73. The summed E-state index contributed by atoms with van der Waals surface area (Å²) in [5.41, 5.74) is 5.28. The second-order valence-corrected chi connectivity index (χ2v) is 6.95. The summed E-state index contributed by atoms with van der Waals surface area (Å²) in [6.07, 6.45) is 1.86. The lowest BCUT2D eigenvalue weighted by Crippen LogP contribution is -2.19. The van der Waals surface area contributed by atoms with Crippen molar-refractivity contribution in [2.45, 2.75) is 20.0 Å². The maximum Gasteiger partial charge on any atom is 0.244 e. The standard InChI is InChI=1S/C24H23ClN2O3/c1-2-29-23-14-20(16-26-27-24(28)15-18-6-4-3-5-7-18)10-13-22(23)30-17-19-8-11-21(25)12-9-19/h3-14,16H,2,15,17H2,1H3,(H,27,28). The molecule has 0 fully saturated rings. The summed E-state index contributed by atoms with van der Waals surface area (Å²) >= 11 is 5.91. The van der Waals surface area contributed by atoms with Crippen LogP contribution in [0.4, 0.5) is 0 Å². The van der Waals surface area contributed by atoms with E-state index in [1.807, 2.05) is 79.7 Å². The lowest BCUT2D eigenvalue weighted by Gasteiger charge is -2.12. The van der Waals surface area contributed by atoms with Crippen LogP contribution in [0.25, 0.3) is 0 Å². The molecule has 0 radical (unpaired) electrons. The molecule has 154 valence electrons. The number of amides is 1. The van der Waals surface area contributed by atoms with Crippen molar-refractivity contribution >= 4 is 23.7 Å². The van der Waals surface area contributed by atoms with Crippen LogP contribution >= 0.6 is 11.6 Å². The Morgan fingerprint density at radius 3 is 2.47 bits per heavy atom. The van der Waals surface area contributed by atoms with Gasteiger partial charge in [0.2, 0.25) is 5.91 Å². The number of benzene rings is 3. The van der Waals surface area contributed by atoms with Crippen molar-refractivity contribution < 1.29 is 14.3 Å². The Balaban J connectivity index is 1.60. The first-order valence-electron chi connectivity index (χ1n) is 9.64.